The lowest BCUT2D eigenvalue weighted by atomic mass is 10.3. The van der Waals surface area contributed by atoms with E-state index in [2.05, 4.69) is 38.6 Å². The second-order valence-corrected chi connectivity index (χ2v) is 4.44. The number of nitrogens with zero attached hydrogens (tertiary/aromatic N) is 4. The van der Waals surface area contributed by atoms with Crippen LogP contribution in [0.4, 0.5) is 11.5 Å². The summed E-state index contributed by atoms with van der Waals surface area (Å²) >= 11 is 1.36. The van der Waals surface area contributed by atoms with E-state index in [1.54, 1.807) is 0 Å². The molecule has 2 aromatic heterocycles. The minimum absolute atomic E-state index is 0.683. The van der Waals surface area contributed by atoms with Crippen molar-refractivity contribution in [2.24, 2.45) is 0 Å². The number of anilines is 2. The van der Waals surface area contributed by atoms with Gasteiger partial charge in [-0.1, -0.05) is 4.49 Å². The van der Waals surface area contributed by atoms with Gasteiger partial charge in [-0.05, 0) is 37.5 Å². The van der Waals surface area contributed by atoms with Crippen LogP contribution in [0.25, 0.3) is 0 Å². The van der Waals surface area contributed by atoms with Gasteiger partial charge in [0, 0.05) is 18.5 Å². The largest absolute Gasteiger partial charge is 0.378 e. The summed E-state index contributed by atoms with van der Waals surface area (Å²) < 4.78 is 3.82. The minimum Gasteiger partial charge on any atom is -0.378 e. The second-order valence-electron chi connectivity index (χ2n) is 3.83. The quantitative estimate of drug-likeness (QED) is 0.867. The molecule has 0 radical (unpaired) electrons. The highest BCUT2D eigenvalue weighted by molar-refractivity contribution is 7.03. The molecule has 0 aromatic carbocycles. The van der Waals surface area contributed by atoms with Gasteiger partial charge in [-0.15, -0.1) is 5.10 Å². The van der Waals surface area contributed by atoms with Crippen molar-refractivity contribution in [3.8, 4) is 0 Å². The van der Waals surface area contributed by atoms with Crippen molar-refractivity contribution in [2.75, 3.05) is 23.3 Å². The van der Waals surface area contributed by atoms with Crippen molar-refractivity contribution in [3.63, 3.8) is 0 Å². The summed E-state index contributed by atoms with van der Waals surface area (Å²) in [6.45, 7) is 6.89. The first-order valence-corrected chi connectivity index (χ1v) is 6.88. The topological polar surface area (TPSA) is 53.9 Å². The number of aromatic nitrogens is 3. The highest BCUT2D eigenvalue weighted by Gasteiger charge is 2.03. The third-order valence-electron chi connectivity index (χ3n) is 2.71. The third-order valence-corrected chi connectivity index (χ3v) is 3.27. The lowest BCUT2D eigenvalue weighted by molar-refractivity contribution is 0.846. The summed E-state index contributed by atoms with van der Waals surface area (Å²) in [5.41, 5.74) is 1.95. The zero-order valence-electron chi connectivity index (χ0n) is 10.6. The lowest BCUT2D eigenvalue weighted by Gasteiger charge is -2.19. The molecule has 0 amide bonds. The molecule has 6 heteroatoms. The molecule has 0 atom stereocenters. The summed E-state index contributed by atoms with van der Waals surface area (Å²) in [4.78, 5) is 6.67. The maximum Gasteiger partial charge on any atom is 0.128 e. The van der Waals surface area contributed by atoms with E-state index in [1.807, 2.05) is 23.7 Å². The zero-order valence-corrected chi connectivity index (χ0v) is 11.4. The van der Waals surface area contributed by atoms with E-state index >= 15 is 0 Å². The molecular formula is C12H17N5S. The summed E-state index contributed by atoms with van der Waals surface area (Å²) in [6, 6.07) is 4.08. The van der Waals surface area contributed by atoms with Crippen molar-refractivity contribution in [1.82, 2.24) is 14.6 Å². The van der Waals surface area contributed by atoms with Crippen LogP contribution >= 0.6 is 11.5 Å². The molecular weight excluding hydrogens is 246 g/mol. The third kappa shape index (κ3) is 3.16. The van der Waals surface area contributed by atoms with E-state index in [1.165, 1.54) is 11.5 Å². The Bertz CT molecular complexity index is 450. The van der Waals surface area contributed by atoms with Crippen molar-refractivity contribution >= 4 is 23.0 Å². The molecule has 2 heterocycles. The number of hydrogen-bond donors (Lipinski definition) is 1. The van der Waals surface area contributed by atoms with Gasteiger partial charge in [0.1, 0.15) is 5.82 Å². The Hall–Kier alpha value is -1.69. The van der Waals surface area contributed by atoms with E-state index in [0.717, 1.165) is 30.3 Å². The van der Waals surface area contributed by atoms with Gasteiger partial charge in [0.2, 0.25) is 0 Å². The fourth-order valence-corrected chi connectivity index (χ4v) is 2.13. The molecule has 0 unspecified atom stereocenters. The monoisotopic (exact) mass is 263 g/mol. The van der Waals surface area contributed by atoms with Gasteiger partial charge in [-0.2, -0.15) is 0 Å². The van der Waals surface area contributed by atoms with Gasteiger partial charge in [0.25, 0.3) is 0 Å². The van der Waals surface area contributed by atoms with Gasteiger partial charge < -0.3 is 10.2 Å². The van der Waals surface area contributed by atoms with Crippen molar-refractivity contribution in [2.45, 2.75) is 20.4 Å². The number of nitrogens with one attached hydrogen (secondary N) is 1. The molecule has 96 valence electrons. The SMILES string of the molecule is CCN(CC)c1ccc(NCc2csnn2)cn1. The highest BCUT2D eigenvalue weighted by atomic mass is 32.1. The molecule has 18 heavy (non-hydrogen) atoms. The molecule has 0 bridgehead atoms. The van der Waals surface area contributed by atoms with Crippen LogP contribution in [0.5, 0.6) is 0 Å². The van der Waals surface area contributed by atoms with Crippen LogP contribution in [0.2, 0.25) is 0 Å². The number of hydrogen-bond acceptors (Lipinski definition) is 6. The maximum absolute atomic E-state index is 4.45. The van der Waals surface area contributed by atoms with Gasteiger partial charge >= 0.3 is 0 Å². The summed E-state index contributed by atoms with van der Waals surface area (Å²) in [5.74, 6) is 1.01. The molecule has 2 aromatic rings. The van der Waals surface area contributed by atoms with Gasteiger partial charge in [0.05, 0.1) is 24.1 Å². The van der Waals surface area contributed by atoms with Gasteiger partial charge in [-0.3, -0.25) is 0 Å². The van der Waals surface area contributed by atoms with Crippen LogP contribution in [0, 0.1) is 0 Å². The van der Waals surface area contributed by atoms with E-state index in [9.17, 15) is 0 Å². The Morgan fingerprint density at radius 2 is 2.11 bits per heavy atom. The predicted molar refractivity (Wildman–Crippen MR) is 75.0 cm³/mol. The standard InChI is InChI=1S/C12H17N5S/c1-3-17(4-2)12-6-5-10(7-14-12)13-8-11-9-18-16-15-11/h5-7,9,13H,3-4,8H2,1-2H3. The first kappa shape index (κ1) is 12.8. The highest BCUT2D eigenvalue weighted by Crippen LogP contribution is 2.14. The van der Waals surface area contributed by atoms with Crippen LogP contribution in [0.1, 0.15) is 19.5 Å². The predicted octanol–water partition coefficient (Wildman–Crippen LogP) is 2.39. The van der Waals surface area contributed by atoms with E-state index in [-0.39, 0.29) is 0 Å². The Morgan fingerprint density at radius 1 is 1.28 bits per heavy atom. The van der Waals surface area contributed by atoms with E-state index in [4.69, 9.17) is 0 Å². The number of pyridine rings is 1. The normalized spacial score (nSPS) is 10.3. The summed E-state index contributed by atoms with van der Waals surface area (Å²) in [7, 11) is 0. The van der Waals surface area contributed by atoms with E-state index < -0.39 is 0 Å². The van der Waals surface area contributed by atoms with Crippen LogP contribution in [-0.4, -0.2) is 27.7 Å². The molecule has 0 aliphatic carbocycles. The van der Waals surface area contributed by atoms with Crippen LogP contribution in [0.15, 0.2) is 23.7 Å². The molecule has 0 saturated carbocycles. The van der Waals surface area contributed by atoms with E-state index in [0.29, 0.717) is 6.54 Å². The Labute approximate surface area is 111 Å². The minimum atomic E-state index is 0.683. The second kappa shape index (κ2) is 6.30. The van der Waals surface area contributed by atoms with Crippen LogP contribution in [0.3, 0.4) is 0 Å². The number of rotatable bonds is 6. The summed E-state index contributed by atoms with van der Waals surface area (Å²) in [5, 5.41) is 9.19. The lowest BCUT2D eigenvalue weighted by Crippen LogP contribution is -2.22. The maximum atomic E-state index is 4.45. The molecule has 0 aliphatic heterocycles. The van der Waals surface area contributed by atoms with Crippen LogP contribution < -0.4 is 10.2 Å². The van der Waals surface area contributed by atoms with Crippen molar-refractivity contribution < 1.29 is 0 Å². The average molecular weight is 263 g/mol. The smallest absolute Gasteiger partial charge is 0.128 e. The Morgan fingerprint density at radius 3 is 2.67 bits per heavy atom. The first-order chi connectivity index (χ1) is 8.83. The molecule has 0 aliphatic rings. The average Bonchev–Trinajstić information content (AvgIpc) is 2.92. The van der Waals surface area contributed by atoms with Crippen molar-refractivity contribution in [1.29, 1.82) is 0 Å². The Balaban J connectivity index is 1.95. The zero-order chi connectivity index (χ0) is 12.8. The molecule has 2 rings (SSSR count). The van der Waals surface area contributed by atoms with Gasteiger partial charge in [0.15, 0.2) is 0 Å². The fraction of sp³-hybridized carbons (Fsp3) is 0.417. The Kier molecular flexibility index (Phi) is 4.46. The molecule has 1 N–H and O–H groups in total. The van der Waals surface area contributed by atoms with Gasteiger partial charge in [-0.25, -0.2) is 4.98 Å². The molecule has 5 nitrogen and oxygen atoms in total. The molecule has 0 spiro atoms. The fourth-order valence-electron chi connectivity index (χ4n) is 1.68. The van der Waals surface area contributed by atoms with Crippen molar-refractivity contribution in [3.05, 3.63) is 29.4 Å². The first-order valence-electron chi connectivity index (χ1n) is 6.04. The summed E-state index contributed by atoms with van der Waals surface area (Å²) in [6.07, 6.45) is 1.85. The molecule has 0 fully saturated rings. The van der Waals surface area contributed by atoms with Crippen LogP contribution in [-0.2, 0) is 6.54 Å². The molecule has 0 saturated heterocycles.